The molecule has 0 radical (unpaired) electrons. The van der Waals surface area contributed by atoms with Crippen LogP contribution in [-0.2, 0) is 6.61 Å². The van der Waals surface area contributed by atoms with Crippen LogP contribution in [0.1, 0.15) is 26.3 Å². The van der Waals surface area contributed by atoms with E-state index in [2.05, 4.69) is 0 Å². The zero-order chi connectivity index (χ0) is 13.7. The number of benzene rings is 2. The van der Waals surface area contributed by atoms with Gasteiger partial charge in [0, 0.05) is 5.56 Å². The molecule has 0 bridgehead atoms. The van der Waals surface area contributed by atoms with Crippen LogP contribution < -0.4 is 4.74 Å². The fourth-order valence-corrected chi connectivity index (χ4v) is 1.64. The van der Waals surface area contributed by atoms with Gasteiger partial charge in [-0.2, -0.15) is 0 Å². The lowest BCUT2D eigenvalue weighted by molar-refractivity contribution is 0.0691. The Morgan fingerprint density at radius 1 is 1.16 bits per heavy atom. The monoisotopic (exact) mass is 256 g/mol. The molecule has 0 fully saturated rings. The van der Waals surface area contributed by atoms with Crippen molar-refractivity contribution in [1.29, 1.82) is 0 Å². The highest BCUT2D eigenvalue weighted by Crippen LogP contribution is 2.21. The van der Waals surface area contributed by atoms with Gasteiger partial charge in [0.25, 0.3) is 0 Å². The Labute approximate surface area is 110 Å². The van der Waals surface area contributed by atoms with Gasteiger partial charge in [-0.15, -0.1) is 0 Å². The summed E-state index contributed by atoms with van der Waals surface area (Å²) >= 11 is 0. The Hall–Kier alpha value is -2.62. The van der Waals surface area contributed by atoms with Crippen molar-refractivity contribution >= 4 is 12.3 Å². The summed E-state index contributed by atoms with van der Waals surface area (Å²) in [5.41, 5.74) is 1.35. The first kappa shape index (κ1) is 12.8. The van der Waals surface area contributed by atoms with Crippen LogP contribution in [0.3, 0.4) is 0 Å². The Bertz CT molecular complexity index is 590. The van der Waals surface area contributed by atoms with Crippen LogP contribution in [0.15, 0.2) is 48.5 Å². The highest BCUT2D eigenvalue weighted by Gasteiger charge is 2.12. The Morgan fingerprint density at radius 3 is 2.53 bits per heavy atom. The lowest BCUT2D eigenvalue weighted by atomic mass is 10.1. The number of aldehydes is 1. The predicted octanol–water partition coefficient (Wildman–Crippen LogP) is 2.78. The second kappa shape index (κ2) is 5.82. The van der Waals surface area contributed by atoms with Gasteiger partial charge in [0.05, 0.1) is 0 Å². The fraction of sp³-hybridized carbons (Fsp3) is 0.0667. The standard InChI is InChI=1S/C15H12O4/c16-9-12-6-7-13(15(17)18)14(8-12)19-10-11-4-2-1-3-5-11/h1-9H,10H2,(H,17,18). The van der Waals surface area contributed by atoms with Gasteiger partial charge in [0.1, 0.15) is 24.2 Å². The summed E-state index contributed by atoms with van der Waals surface area (Å²) in [4.78, 5) is 21.8. The number of carbonyl (C=O) groups excluding carboxylic acids is 1. The fourth-order valence-electron chi connectivity index (χ4n) is 1.64. The lowest BCUT2D eigenvalue weighted by Gasteiger charge is -2.09. The molecule has 0 heterocycles. The number of carboxylic acids is 1. The van der Waals surface area contributed by atoms with Crippen LogP contribution in [-0.4, -0.2) is 17.4 Å². The average molecular weight is 256 g/mol. The van der Waals surface area contributed by atoms with Gasteiger partial charge in [-0.25, -0.2) is 4.79 Å². The van der Waals surface area contributed by atoms with E-state index in [9.17, 15) is 9.59 Å². The zero-order valence-corrected chi connectivity index (χ0v) is 10.1. The zero-order valence-electron chi connectivity index (χ0n) is 10.1. The smallest absolute Gasteiger partial charge is 0.339 e. The van der Waals surface area contributed by atoms with Gasteiger partial charge in [-0.05, 0) is 17.7 Å². The number of ether oxygens (including phenoxy) is 1. The molecule has 0 aliphatic rings. The molecule has 96 valence electrons. The van der Waals surface area contributed by atoms with Crippen LogP contribution in [0.5, 0.6) is 5.75 Å². The van der Waals surface area contributed by atoms with E-state index in [1.54, 1.807) is 0 Å². The molecule has 0 aromatic heterocycles. The van der Waals surface area contributed by atoms with Gasteiger partial charge in [0.2, 0.25) is 0 Å². The van der Waals surface area contributed by atoms with E-state index in [0.29, 0.717) is 11.8 Å². The van der Waals surface area contributed by atoms with Gasteiger partial charge in [-0.3, -0.25) is 4.79 Å². The third-order valence-electron chi connectivity index (χ3n) is 2.61. The van der Waals surface area contributed by atoms with Crippen LogP contribution in [0.4, 0.5) is 0 Å². The van der Waals surface area contributed by atoms with Gasteiger partial charge < -0.3 is 9.84 Å². The number of hydrogen-bond donors (Lipinski definition) is 1. The maximum atomic E-state index is 11.1. The normalized spacial score (nSPS) is 9.89. The number of aromatic carboxylic acids is 1. The first-order valence-corrected chi connectivity index (χ1v) is 5.70. The SMILES string of the molecule is O=Cc1ccc(C(=O)O)c(OCc2ccccc2)c1. The molecule has 4 nitrogen and oxygen atoms in total. The Morgan fingerprint density at radius 2 is 1.89 bits per heavy atom. The molecule has 0 amide bonds. The van der Waals surface area contributed by atoms with E-state index in [1.807, 2.05) is 30.3 Å². The largest absolute Gasteiger partial charge is 0.488 e. The molecular weight excluding hydrogens is 244 g/mol. The molecule has 0 saturated carbocycles. The van der Waals surface area contributed by atoms with Crippen molar-refractivity contribution < 1.29 is 19.4 Å². The summed E-state index contributed by atoms with van der Waals surface area (Å²) in [6, 6.07) is 13.6. The van der Waals surface area contributed by atoms with Crippen molar-refractivity contribution in [1.82, 2.24) is 0 Å². The lowest BCUT2D eigenvalue weighted by Crippen LogP contribution is -2.04. The van der Waals surface area contributed by atoms with Crippen LogP contribution in [0.25, 0.3) is 0 Å². The maximum Gasteiger partial charge on any atom is 0.339 e. The molecule has 2 rings (SSSR count). The summed E-state index contributed by atoms with van der Waals surface area (Å²) in [7, 11) is 0. The van der Waals surface area contributed by atoms with Crippen molar-refractivity contribution in [3.63, 3.8) is 0 Å². The first-order valence-electron chi connectivity index (χ1n) is 5.70. The quantitative estimate of drug-likeness (QED) is 0.835. The molecule has 0 aliphatic heterocycles. The molecule has 4 heteroatoms. The van der Waals surface area contributed by atoms with E-state index in [1.165, 1.54) is 18.2 Å². The minimum Gasteiger partial charge on any atom is -0.488 e. The van der Waals surface area contributed by atoms with Crippen molar-refractivity contribution in [2.24, 2.45) is 0 Å². The summed E-state index contributed by atoms with van der Waals surface area (Å²) < 4.78 is 5.49. The average Bonchev–Trinajstić information content (AvgIpc) is 2.45. The highest BCUT2D eigenvalue weighted by molar-refractivity contribution is 5.92. The molecule has 0 unspecified atom stereocenters. The molecule has 0 aliphatic carbocycles. The Kier molecular flexibility index (Phi) is 3.93. The van der Waals surface area contributed by atoms with Crippen molar-refractivity contribution in [3.8, 4) is 5.75 Å². The second-order valence-corrected chi connectivity index (χ2v) is 3.95. The summed E-state index contributed by atoms with van der Waals surface area (Å²) in [6.45, 7) is 0.253. The van der Waals surface area contributed by atoms with E-state index < -0.39 is 5.97 Å². The van der Waals surface area contributed by atoms with E-state index in [-0.39, 0.29) is 17.9 Å². The number of rotatable bonds is 5. The summed E-state index contributed by atoms with van der Waals surface area (Å²) in [5.74, 6) is -0.888. The van der Waals surface area contributed by atoms with Crippen molar-refractivity contribution in [2.75, 3.05) is 0 Å². The molecule has 0 atom stereocenters. The maximum absolute atomic E-state index is 11.1. The van der Waals surface area contributed by atoms with Crippen LogP contribution in [0, 0.1) is 0 Å². The van der Waals surface area contributed by atoms with E-state index in [0.717, 1.165) is 5.56 Å². The van der Waals surface area contributed by atoms with Crippen molar-refractivity contribution in [3.05, 3.63) is 65.2 Å². The molecule has 19 heavy (non-hydrogen) atoms. The molecule has 2 aromatic rings. The molecule has 2 aromatic carbocycles. The van der Waals surface area contributed by atoms with Crippen LogP contribution in [0.2, 0.25) is 0 Å². The molecule has 0 saturated heterocycles. The summed E-state index contributed by atoms with van der Waals surface area (Å²) in [6.07, 6.45) is 0.654. The van der Waals surface area contributed by atoms with Gasteiger partial charge in [0.15, 0.2) is 0 Å². The minimum absolute atomic E-state index is 0.0431. The van der Waals surface area contributed by atoms with Gasteiger partial charge in [-0.1, -0.05) is 36.4 Å². The number of carbonyl (C=O) groups is 2. The summed E-state index contributed by atoms with van der Waals surface area (Å²) in [5, 5.41) is 9.06. The topological polar surface area (TPSA) is 63.6 Å². The molecule has 0 spiro atoms. The third-order valence-corrected chi connectivity index (χ3v) is 2.61. The van der Waals surface area contributed by atoms with E-state index in [4.69, 9.17) is 9.84 Å². The van der Waals surface area contributed by atoms with Crippen LogP contribution >= 0.6 is 0 Å². The second-order valence-electron chi connectivity index (χ2n) is 3.95. The highest BCUT2D eigenvalue weighted by atomic mass is 16.5. The number of hydrogen-bond acceptors (Lipinski definition) is 3. The van der Waals surface area contributed by atoms with Gasteiger partial charge >= 0.3 is 5.97 Å². The third kappa shape index (κ3) is 3.19. The molecular formula is C15H12O4. The Balaban J connectivity index is 2.22. The predicted molar refractivity (Wildman–Crippen MR) is 69.6 cm³/mol. The van der Waals surface area contributed by atoms with E-state index >= 15 is 0 Å². The minimum atomic E-state index is -1.08. The molecule has 1 N–H and O–H groups in total. The number of carboxylic acid groups (broad SMARTS) is 1. The van der Waals surface area contributed by atoms with Crippen molar-refractivity contribution in [2.45, 2.75) is 6.61 Å². The first-order chi connectivity index (χ1) is 9.20.